The number of nitrogens with two attached hydrogens (primary N) is 1. The normalized spacial score (nSPS) is 11.2. The lowest BCUT2D eigenvalue weighted by Gasteiger charge is -2.02. The summed E-state index contributed by atoms with van der Waals surface area (Å²) in [5.74, 6) is -1.35. The molecule has 0 heterocycles. The highest BCUT2D eigenvalue weighted by atomic mass is 35.5. The number of nitrogens with zero attached hydrogens (tertiary/aromatic N) is 2. The summed E-state index contributed by atoms with van der Waals surface area (Å²) in [5.41, 5.74) is 5.26. The molecule has 0 aliphatic rings. The molecule has 0 unspecified atom stereocenters. The minimum Gasteiger partial charge on any atom is -0.395 e. The Labute approximate surface area is 117 Å². The van der Waals surface area contributed by atoms with Gasteiger partial charge in [-0.05, 0) is 30.3 Å². The maximum atomic E-state index is 13.4. The Hall–Kier alpha value is -1.72. The SMILES string of the molecule is Nc1c(F)cc(Cl)cc1N=Nc1ccc(Cl)cc1F. The van der Waals surface area contributed by atoms with Gasteiger partial charge < -0.3 is 5.73 Å². The molecule has 0 aliphatic carbocycles. The average Bonchev–Trinajstić information content (AvgIpc) is 2.33. The van der Waals surface area contributed by atoms with Crippen LogP contribution in [0.4, 0.5) is 25.8 Å². The van der Waals surface area contributed by atoms with Gasteiger partial charge >= 0.3 is 0 Å². The lowest BCUT2D eigenvalue weighted by molar-refractivity contribution is 0.628. The molecule has 0 spiro atoms. The molecular weight excluding hydrogens is 295 g/mol. The summed E-state index contributed by atoms with van der Waals surface area (Å²) in [5, 5.41) is 7.69. The number of nitrogen functional groups attached to an aromatic ring is 1. The highest BCUT2D eigenvalue weighted by Gasteiger charge is 2.07. The third kappa shape index (κ3) is 3.19. The van der Waals surface area contributed by atoms with Crippen molar-refractivity contribution in [3.63, 3.8) is 0 Å². The van der Waals surface area contributed by atoms with Gasteiger partial charge in [0.1, 0.15) is 17.2 Å². The molecule has 0 aromatic heterocycles. The van der Waals surface area contributed by atoms with E-state index in [1.54, 1.807) is 0 Å². The maximum absolute atomic E-state index is 13.4. The molecule has 7 heteroatoms. The Bertz CT molecular complexity index is 660. The molecule has 2 N–H and O–H groups in total. The van der Waals surface area contributed by atoms with Gasteiger partial charge in [-0.2, -0.15) is 0 Å². The second-order valence-electron chi connectivity index (χ2n) is 3.62. The molecule has 0 saturated heterocycles. The summed E-state index contributed by atoms with van der Waals surface area (Å²) in [4.78, 5) is 0. The summed E-state index contributed by atoms with van der Waals surface area (Å²) in [6.45, 7) is 0. The molecule has 0 amide bonds. The van der Waals surface area contributed by atoms with Crippen LogP contribution < -0.4 is 5.73 Å². The van der Waals surface area contributed by atoms with E-state index in [4.69, 9.17) is 28.9 Å². The highest BCUT2D eigenvalue weighted by molar-refractivity contribution is 6.31. The summed E-state index contributed by atoms with van der Waals surface area (Å²) in [7, 11) is 0. The molecular formula is C12H7Cl2F2N3. The molecule has 0 fully saturated rings. The summed E-state index contributed by atoms with van der Waals surface area (Å²) in [6.07, 6.45) is 0. The van der Waals surface area contributed by atoms with Crippen LogP contribution in [0.1, 0.15) is 0 Å². The zero-order valence-electron chi connectivity index (χ0n) is 9.37. The number of anilines is 1. The average molecular weight is 302 g/mol. The first-order valence-electron chi connectivity index (χ1n) is 5.08. The fraction of sp³-hybridized carbons (Fsp3) is 0. The minimum atomic E-state index is -0.710. The van der Waals surface area contributed by atoms with Crippen LogP contribution >= 0.6 is 23.2 Å². The Morgan fingerprint density at radius 1 is 0.842 bits per heavy atom. The molecule has 0 radical (unpaired) electrons. The van der Waals surface area contributed by atoms with E-state index in [9.17, 15) is 8.78 Å². The van der Waals surface area contributed by atoms with Crippen LogP contribution in [0.3, 0.4) is 0 Å². The first-order valence-corrected chi connectivity index (χ1v) is 5.84. The van der Waals surface area contributed by atoms with Gasteiger partial charge in [0.2, 0.25) is 0 Å². The van der Waals surface area contributed by atoms with Crippen molar-refractivity contribution in [1.29, 1.82) is 0 Å². The van der Waals surface area contributed by atoms with Crippen molar-refractivity contribution in [3.8, 4) is 0 Å². The minimum absolute atomic E-state index is 0.0272. The van der Waals surface area contributed by atoms with E-state index >= 15 is 0 Å². The third-order valence-electron chi connectivity index (χ3n) is 2.25. The Morgan fingerprint density at radius 3 is 2.16 bits per heavy atom. The van der Waals surface area contributed by atoms with E-state index in [2.05, 4.69) is 10.2 Å². The van der Waals surface area contributed by atoms with Crippen LogP contribution in [0.2, 0.25) is 10.0 Å². The molecule has 0 atom stereocenters. The molecule has 0 aliphatic heterocycles. The lowest BCUT2D eigenvalue weighted by atomic mass is 10.2. The third-order valence-corrected chi connectivity index (χ3v) is 2.70. The summed E-state index contributed by atoms with van der Waals surface area (Å²) < 4.78 is 26.7. The number of azo groups is 1. The van der Waals surface area contributed by atoms with E-state index in [0.29, 0.717) is 0 Å². The van der Waals surface area contributed by atoms with E-state index in [1.165, 1.54) is 18.2 Å². The Morgan fingerprint density at radius 2 is 1.47 bits per heavy atom. The molecule has 0 saturated carbocycles. The molecule has 2 aromatic rings. The zero-order chi connectivity index (χ0) is 14.0. The van der Waals surface area contributed by atoms with E-state index in [1.807, 2.05) is 0 Å². The van der Waals surface area contributed by atoms with Crippen molar-refractivity contribution in [2.75, 3.05) is 5.73 Å². The quantitative estimate of drug-likeness (QED) is 0.596. The van der Waals surface area contributed by atoms with Gasteiger partial charge in [-0.3, -0.25) is 0 Å². The second-order valence-corrected chi connectivity index (χ2v) is 4.49. The van der Waals surface area contributed by atoms with Crippen LogP contribution in [0, 0.1) is 11.6 Å². The Kier molecular flexibility index (Phi) is 3.97. The monoisotopic (exact) mass is 301 g/mol. The molecule has 2 rings (SSSR count). The van der Waals surface area contributed by atoms with Crippen molar-refractivity contribution >= 4 is 40.3 Å². The van der Waals surface area contributed by atoms with Gasteiger partial charge in [0.25, 0.3) is 0 Å². The fourth-order valence-corrected chi connectivity index (χ4v) is 1.68. The molecule has 2 aromatic carbocycles. The fourth-order valence-electron chi connectivity index (χ4n) is 1.32. The number of rotatable bonds is 2. The smallest absolute Gasteiger partial charge is 0.152 e. The van der Waals surface area contributed by atoms with Crippen molar-refractivity contribution in [3.05, 3.63) is 52.0 Å². The standard InChI is InChI=1S/C12H7Cl2F2N3/c13-6-1-2-10(8(15)3-6)18-19-11-5-7(14)4-9(16)12(11)17/h1-5H,17H2. The highest BCUT2D eigenvalue weighted by Crippen LogP contribution is 2.31. The number of benzene rings is 2. The molecule has 0 bridgehead atoms. The summed E-state index contributed by atoms with van der Waals surface area (Å²) in [6, 6.07) is 6.28. The van der Waals surface area contributed by atoms with Gasteiger partial charge in [-0.25, -0.2) is 8.78 Å². The van der Waals surface area contributed by atoms with Crippen LogP contribution in [0.5, 0.6) is 0 Å². The first kappa shape index (κ1) is 13.7. The van der Waals surface area contributed by atoms with Gasteiger partial charge in [-0.1, -0.05) is 23.2 Å². The second kappa shape index (κ2) is 5.50. The summed E-state index contributed by atoms with van der Waals surface area (Å²) >= 11 is 11.3. The number of hydrogen-bond donors (Lipinski definition) is 1. The van der Waals surface area contributed by atoms with E-state index in [0.717, 1.165) is 12.1 Å². The maximum Gasteiger partial charge on any atom is 0.152 e. The van der Waals surface area contributed by atoms with Gasteiger partial charge in [0.05, 0.1) is 5.69 Å². The van der Waals surface area contributed by atoms with Crippen LogP contribution in [0.25, 0.3) is 0 Å². The van der Waals surface area contributed by atoms with Crippen LogP contribution in [-0.4, -0.2) is 0 Å². The van der Waals surface area contributed by atoms with Gasteiger partial charge in [0.15, 0.2) is 5.82 Å². The van der Waals surface area contributed by atoms with Crippen molar-refractivity contribution in [2.24, 2.45) is 10.2 Å². The topological polar surface area (TPSA) is 50.7 Å². The van der Waals surface area contributed by atoms with Crippen molar-refractivity contribution in [2.45, 2.75) is 0 Å². The predicted octanol–water partition coefficient (Wildman–Crippen LogP) is 5.27. The predicted molar refractivity (Wildman–Crippen MR) is 71.4 cm³/mol. The number of hydrogen-bond acceptors (Lipinski definition) is 3. The zero-order valence-corrected chi connectivity index (χ0v) is 10.9. The lowest BCUT2D eigenvalue weighted by Crippen LogP contribution is -1.90. The van der Waals surface area contributed by atoms with Crippen molar-refractivity contribution in [1.82, 2.24) is 0 Å². The molecule has 3 nitrogen and oxygen atoms in total. The Balaban J connectivity index is 2.38. The van der Waals surface area contributed by atoms with Crippen LogP contribution in [-0.2, 0) is 0 Å². The first-order chi connectivity index (χ1) is 8.97. The van der Waals surface area contributed by atoms with Crippen molar-refractivity contribution < 1.29 is 8.78 Å². The molecule has 19 heavy (non-hydrogen) atoms. The largest absolute Gasteiger partial charge is 0.395 e. The van der Waals surface area contributed by atoms with E-state index < -0.39 is 11.6 Å². The van der Waals surface area contributed by atoms with Gasteiger partial charge in [-0.15, -0.1) is 10.2 Å². The molecule has 98 valence electrons. The van der Waals surface area contributed by atoms with Crippen LogP contribution in [0.15, 0.2) is 40.6 Å². The van der Waals surface area contributed by atoms with E-state index in [-0.39, 0.29) is 27.1 Å². The number of halogens is 4. The van der Waals surface area contributed by atoms with Gasteiger partial charge in [0, 0.05) is 10.0 Å².